The Morgan fingerprint density at radius 3 is 2.26 bits per heavy atom. The van der Waals surface area contributed by atoms with Gasteiger partial charge in [0.15, 0.2) is 5.76 Å². The fourth-order valence-electron chi connectivity index (χ4n) is 4.19. The third-order valence-corrected chi connectivity index (χ3v) is 6.13. The number of esters is 1. The van der Waals surface area contributed by atoms with Crippen molar-refractivity contribution in [2.24, 2.45) is 0 Å². The number of ether oxygens (including phenoxy) is 2. The van der Waals surface area contributed by atoms with E-state index in [0.717, 1.165) is 28.8 Å². The SMILES string of the molecule is CCOC(=O)Cc1ccc(-c2ccc(-c3onc(C)c3C(O)COCc3cccc(C(F)(F)F)c3)cc2)cc1. The van der Waals surface area contributed by atoms with Crippen LogP contribution in [0.5, 0.6) is 0 Å². The topological polar surface area (TPSA) is 81.8 Å². The molecule has 0 spiro atoms. The number of hydrogen-bond donors (Lipinski definition) is 1. The molecule has 0 saturated carbocycles. The van der Waals surface area contributed by atoms with E-state index in [-0.39, 0.29) is 25.6 Å². The van der Waals surface area contributed by atoms with Gasteiger partial charge in [-0.2, -0.15) is 13.2 Å². The number of carbonyl (C=O) groups excluding carboxylic acids is 1. The van der Waals surface area contributed by atoms with E-state index in [2.05, 4.69) is 5.16 Å². The lowest BCUT2D eigenvalue weighted by Crippen LogP contribution is -2.10. The molecule has 3 aromatic carbocycles. The number of alkyl halides is 3. The van der Waals surface area contributed by atoms with Crippen LogP contribution in [0, 0.1) is 6.92 Å². The summed E-state index contributed by atoms with van der Waals surface area (Å²) < 4.78 is 54.8. The number of rotatable bonds is 10. The molecule has 6 nitrogen and oxygen atoms in total. The summed E-state index contributed by atoms with van der Waals surface area (Å²) in [5.74, 6) is 0.120. The predicted octanol–water partition coefficient (Wildman–Crippen LogP) is 6.69. The van der Waals surface area contributed by atoms with E-state index < -0.39 is 17.8 Å². The highest BCUT2D eigenvalue weighted by Crippen LogP contribution is 2.33. The zero-order chi connectivity index (χ0) is 28.0. The first kappa shape index (κ1) is 28.1. The largest absolute Gasteiger partial charge is 0.466 e. The lowest BCUT2D eigenvalue weighted by atomic mass is 9.98. The van der Waals surface area contributed by atoms with Crippen molar-refractivity contribution in [1.29, 1.82) is 0 Å². The first-order valence-electron chi connectivity index (χ1n) is 12.4. The van der Waals surface area contributed by atoms with E-state index in [1.165, 1.54) is 12.1 Å². The van der Waals surface area contributed by atoms with Gasteiger partial charge in [-0.1, -0.05) is 65.8 Å². The fourth-order valence-corrected chi connectivity index (χ4v) is 4.19. The van der Waals surface area contributed by atoms with Crippen LogP contribution < -0.4 is 0 Å². The molecule has 0 radical (unpaired) electrons. The molecular formula is C30H28F3NO5. The van der Waals surface area contributed by atoms with E-state index in [1.807, 2.05) is 48.5 Å². The van der Waals surface area contributed by atoms with Gasteiger partial charge >= 0.3 is 12.1 Å². The van der Waals surface area contributed by atoms with Crippen LogP contribution in [0.15, 0.2) is 77.3 Å². The molecule has 0 aliphatic rings. The highest BCUT2D eigenvalue weighted by molar-refractivity contribution is 5.74. The summed E-state index contributed by atoms with van der Waals surface area (Å²) in [6.45, 7) is 3.58. The van der Waals surface area contributed by atoms with Crippen molar-refractivity contribution in [3.05, 3.63) is 101 Å². The molecule has 0 aliphatic heterocycles. The van der Waals surface area contributed by atoms with E-state index in [9.17, 15) is 23.1 Å². The number of hydrogen-bond acceptors (Lipinski definition) is 6. The minimum atomic E-state index is -4.44. The van der Waals surface area contributed by atoms with Crippen molar-refractivity contribution < 1.29 is 37.1 Å². The van der Waals surface area contributed by atoms with Crippen molar-refractivity contribution in [2.75, 3.05) is 13.2 Å². The zero-order valence-corrected chi connectivity index (χ0v) is 21.5. The molecular weight excluding hydrogens is 511 g/mol. The van der Waals surface area contributed by atoms with Gasteiger partial charge < -0.3 is 19.1 Å². The normalized spacial score (nSPS) is 12.4. The molecule has 9 heteroatoms. The number of aliphatic hydroxyl groups is 1. The summed E-state index contributed by atoms with van der Waals surface area (Å²) in [7, 11) is 0. The molecule has 1 N–H and O–H groups in total. The number of halogens is 3. The standard InChI is InChI=1S/C30H28F3NO5/c1-3-38-27(36)16-20-7-9-22(10-8-20)23-11-13-24(14-12-23)29-28(19(2)34-39-29)26(35)18-37-17-21-5-4-6-25(15-21)30(31,32)33/h4-15,26,35H,3,16-18H2,1-2H3. The fraction of sp³-hybridized carbons (Fsp3) is 0.267. The van der Waals surface area contributed by atoms with Crippen molar-refractivity contribution in [1.82, 2.24) is 5.16 Å². The first-order chi connectivity index (χ1) is 18.7. The Kier molecular flexibility index (Phi) is 8.83. The van der Waals surface area contributed by atoms with E-state index >= 15 is 0 Å². The summed E-state index contributed by atoms with van der Waals surface area (Å²) in [6, 6.07) is 20.0. The van der Waals surface area contributed by atoms with Crippen LogP contribution >= 0.6 is 0 Å². The zero-order valence-electron chi connectivity index (χ0n) is 21.5. The number of aryl methyl sites for hydroxylation is 1. The van der Waals surface area contributed by atoms with Gasteiger partial charge in [0.1, 0.15) is 6.10 Å². The van der Waals surface area contributed by atoms with Gasteiger partial charge in [-0.25, -0.2) is 0 Å². The van der Waals surface area contributed by atoms with Gasteiger partial charge in [-0.3, -0.25) is 4.79 Å². The van der Waals surface area contributed by atoms with Crippen LogP contribution in [-0.4, -0.2) is 29.4 Å². The van der Waals surface area contributed by atoms with Crippen molar-refractivity contribution in [3.8, 4) is 22.5 Å². The minimum Gasteiger partial charge on any atom is -0.466 e. The Morgan fingerprint density at radius 1 is 0.974 bits per heavy atom. The van der Waals surface area contributed by atoms with Crippen molar-refractivity contribution in [3.63, 3.8) is 0 Å². The highest BCUT2D eigenvalue weighted by atomic mass is 19.4. The highest BCUT2D eigenvalue weighted by Gasteiger charge is 2.30. The second kappa shape index (κ2) is 12.3. The Morgan fingerprint density at radius 2 is 1.62 bits per heavy atom. The van der Waals surface area contributed by atoms with Crippen LogP contribution in [-0.2, 0) is 33.5 Å². The Bertz CT molecular complexity index is 1400. The van der Waals surface area contributed by atoms with Gasteiger partial charge in [0.2, 0.25) is 0 Å². The molecule has 0 saturated heterocycles. The molecule has 0 aliphatic carbocycles. The number of aromatic nitrogens is 1. The second-order valence-corrected chi connectivity index (χ2v) is 9.00. The molecule has 1 aromatic heterocycles. The summed E-state index contributed by atoms with van der Waals surface area (Å²) in [5, 5.41) is 14.8. The average Bonchev–Trinajstić information content (AvgIpc) is 3.30. The number of carbonyl (C=O) groups is 1. The van der Waals surface area contributed by atoms with Gasteiger partial charge in [-0.15, -0.1) is 0 Å². The first-order valence-corrected chi connectivity index (χ1v) is 12.4. The minimum absolute atomic E-state index is 0.0894. The Balaban J connectivity index is 1.42. The molecule has 39 heavy (non-hydrogen) atoms. The van der Waals surface area contributed by atoms with Crippen LogP contribution in [0.4, 0.5) is 13.2 Å². The molecule has 0 amide bonds. The van der Waals surface area contributed by atoms with Crippen LogP contribution in [0.25, 0.3) is 22.5 Å². The van der Waals surface area contributed by atoms with Gasteiger partial charge in [-0.05, 0) is 48.2 Å². The summed E-state index contributed by atoms with van der Waals surface area (Å²) in [5.41, 5.74) is 4.01. The maximum atomic E-state index is 12.9. The van der Waals surface area contributed by atoms with Crippen LogP contribution in [0.2, 0.25) is 0 Å². The smallest absolute Gasteiger partial charge is 0.416 e. The molecule has 204 valence electrons. The van der Waals surface area contributed by atoms with Crippen molar-refractivity contribution >= 4 is 5.97 Å². The maximum absolute atomic E-state index is 12.9. The second-order valence-electron chi connectivity index (χ2n) is 9.00. The molecule has 1 atom stereocenters. The number of aliphatic hydroxyl groups excluding tert-OH is 1. The monoisotopic (exact) mass is 539 g/mol. The van der Waals surface area contributed by atoms with E-state index in [0.29, 0.717) is 34.8 Å². The summed E-state index contributed by atoms with van der Waals surface area (Å²) >= 11 is 0. The number of benzene rings is 3. The maximum Gasteiger partial charge on any atom is 0.416 e. The van der Waals surface area contributed by atoms with E-state index in [4.69, 9.17) is 14.0 Å². The third-order valence-electron chi connectivity index (χ3n) is 6.13. The van der Waals surface area contributed by atoms with Gasteiger partial charge in [0, 0.05) is 5.56 Å². The molecule has 4 rings (SSSR count). The van der Waals surface area contributed by atoms with Gasteiger partial charge in [0.25, 0.3) is 0 Å². The van der Waals surface area contributed by atoms with E-state index in [1.54, 1.807) is 13.8 Å². The van der Waals surface area contributed by atoms with Crippen molar-refractivity contribution in [2.45, 2.75) is 39.2 Å². The molecule has 1 unspecified atom stereocenters. The molecule has 0 fully saturated rings. The third kappa shape index (κ3) is 7.13. The quantitative estimate of drug-likeness (QED) is 0.226. The Hall–Kier alpha value is -3.95. The van der Waals surface area contributed by atoms with Crippen LogP contribution in [0.1, 0.15) is 41.0 Å². The molecule has 1 heterocycles. The average molecular weight is 540 g/mol. The molecule has 0 bridgehead atoms. The summed E-state index contributed by atoms with van der Waals surface area (Å²) in [6.07, 6.45) is -5.32. The lowest BCUT2D eigenvalue weighted by molar-refractivity contribution is -0.142. The Labute approximate surface area is 224 Å². The lowest BCUT2D eigenvalue weighted by Gasteiger charge is -2.13. The van der Waals surface area contributed by atoms with Crippen LogP contribution in [0.3, 0.4) is 0 Å². The predicted molar refractivity (Wildman–Crippen MR) is 139 cm³/mol. The summed E-state index contributed by atoms with van der Waals surface area (Å²) in [4.78, 5) is 11.7. The van der Waals surface area contributed by atoms with Gasteiger partial charge in [0.05, 0.1) is 43.1 Å². The molecule has 4 aromatic rings. The number of nitrogens with zero attached hydrogens (tertiary/aromatic N) is 1.